The highest BCUT2D eigenvalue weighted by Crippen LogP contribution is 2.37. The first-order chi connectivity index (χ1) is 9.54. The second-order valence-electron chi connectivity index (χ2n) is 5.04. The number of fused-ring (bicyclic) bond motifs is 1. The first-order valence-electron chi connectivity index (χ1n) is 6.43. The van der Waals surface area contributed by atoms with Crippen LogP contribution in [0.1, 0.15) is 28.4 Å². The number of alkyl halides is 1. The standard InChI is InChI=1S/C16H13BrClFO/c1-9-6-12-7-10(3-5-15(12)20-9)16(17)11-2-4-13(18)14(19)8-11/h2-5,7-9,16H,6H2,1H3. The van der Waals surface area contributed by atoms with Gasteiger partial charge in [0.15, 0.2) is 0 Å². The van der Waals surface area contributed by atoms with E-state index in [-0.39, 0.29) is 16.0 Å². The fourth-order valence-corrected chi connectivity index (χ4v) is 3.15. The molecule has 0 saturated heterocycles. The summed E-state index contributed by atoms with van der Waals surface area (Å²) in [7, 11) is 0. The molecule has 1 nitrogen and oxygen atoms in total. The summed E-state index contributed by atoms with van der Waals surface area (Å²) in [6.45, 7) is 2.06. The molecule has 2 aromatic carbocycles. The molecule has 0 aliphatic carbocycles. The summed E-state index contributed by atoms with van der Waals surface area (Å²) in [6.07, 6.45) is 1.14. The van der Waals surface area contributed by atoms with Gasteiger partial charge in [-0.1, -0.05) is 45.7 Å². The van der Waals surface area contributed by atoms with Gasteiger partial charge in [-0.05, 0) is 41.8 Å². The number of hydrogen-bond donors (Lipinski definition) is 0. The van der Waals surface area contributed by atoms with E-state index in [1.54, 1.807) is 6.07 Å². The van der Waals surface area contributed by atoms with Crippen molar-refractivity contribution in [2.24, 2.45) is 0 Å². The maximum atomic E-state index is 13.6. The molecule has 0 bridgehead atoms. The van der Waals surface area contributed by atoms with Gasteiger partial charge in [0.05, 0.1) is 9.85 Å². The number of hydrogen-bond acceptors (Lipinski definition) is 1. The molecule has 0 amide bonds. The van der Waals surface area contributed by atoms with Crippen LogP contribution in [0, 0.1) is 5.82 Å². The van der Waals surface area contributed by atoms with Gasteiger partial charge in [0.2, 0.25) is 0 Å². The van der Waals surface area contributed by atoms with E-state index in [0.717, 1.165) is 23.3 Å². The van der Waals surface area contributed by atoms with Crippen molar-refractivity contribution >= 4 is 27.5 Å². The summed E-state index contributed by atoms with van der Waals surface area (Å²) >= 11 is 9.34. The molecule has 2 atom stereocenters. The number of halogens is 3. The van der Waals surface area contributed by atoms with Gasteiger partial charge in [0.1, 0.15) is 17.7 Å². The van der Waals surface area contributed by atoms with Gasteiger partial charge in [0.25, 0.3) is 0 Å². The van der Waals surface area contributed by atoms with Crippen molar-refractivity contribution in [3.05, 3.63) is 63.9 Å². The van der Waals surface area contributed by atoms with Crippen molar-refractivity contribution in [3.8, 4) is 5.75 Å². The zero-order valence-corrected chi connectivity index (χ0v) is 13.2. The molecule has 1 aliphatic rings. The molecule has 0 spiro atoms. The van der Waals surface area contributed by atoms with Crippen LogP contribution < -0.4 is 4.74 Å². The van der Waals surface area contributed by atoms with Gasteiger partial charge in [-0.3, -0.25) is 0 Å². The fraction of sp³-hybridized carbons (Fsp3) is 0.250. The molecule has 0 saturated carbocycles. The zero-order chi connectivity index (χ0) is 14.3. The van der Waals surface area contributed by atoms with E-state index in [1.807, 2.05) is 18.2 Å². The summed E-state index contributed by atoms with van der Waals surface area (Å²) in [5.41, 5.74) is 3.14. The first kappa shape index (κ1) is 13.9. The molecule has 0 radical (unpaired) electrons. The van der Waals surface area contributed by atoms with Crippen molar-refractivity contribution < 1.29 is 9.13 Å². The second-order valence-corrected chi connectivity index (χ2v) is 6.36. The van der Waals surface area contributed by atoms with Crippen LogP contribution in [0.25, 0.3) is 0 Å². The Labute approximate surface area is 130 Å². The van der Waals surface area contributed by atoms with Gasteiger partial charge in [-0.15, -0.1) is 0 Å². The molecule has 0 N–H and O–H groups in total. The highest BCUT2D eigenvalue weighted by atomic mass is 79.9. The average Bonchev–Trinajstić information content (AvgIpc) is 2.80. The smallest absolute Gasteiger partial charge is 0.142 e. The normalized spacial score (nSPS) is 18.5. The molecule has 1 heterocycles. The monoisotopic (exact) mass is 354 g/mol. The second kappa shape index (κ2) is 5.38. The Morgan fingerprint density at radius 3 is 2.70 bits per heavy atom. The van der Waals surface area contributed by atoms with Gasteiger partial charge in [0, 0.05) is 6.42 Å². The minimum atomic E-state index is -0.397. The lowest BCUT2D eigenvalue weighted by Crippen LogP contribution is -2.05. The first-order valence-corrected chi connectivity index (χ1v) is 7.72. The highest BCUT2D eigenvalue weighted by Gasteiger charge is 2.21. The van der Waals surface area contributed by atoms with Crippen LogP contribution in [0.15, 0.2) is 36.4 Å². The van der Waals surface area contributed by atoms with Crippen LogP contribution in [0.3, 0.4) is 0 Å². The Bertz CT molecular complexity index is 659. The highest BCUT2D eigenvalue weighted by molar-refractivity contribution is 9.09. The third-order valence-corrected chi connectivity index (χ3v) is 4.81. The number of benzene rings is 2. The van der Waals surface area contributed by atoms with Crippen LogP contribution in [-0.2, 0) is 6.42 Å². The van der Waals surface area contributed by atoms with Crippen molar-refractivity contribution in [3.63, 3.8) is 0 Å². The largest absolute Gasteiger partial charge is 0.490 e. The van der Waals surface area contributed by atoms with Crippen LogP contribution in [0.4, 0.5) is 4.39 Å². The minimum absolute atomic E-state index is 0.0597. The van der Waals surface area contributed by atoms with Gasteiger partial charge in [-0.2, -0.15) is 0 Å². The van der Waals surface area contributed by atoms with E-state index in [0.29, 0.717) is 0 Å². The Kier molecular flexibility index (Phi) is 3.74. The van der Waals surface area contributed by atoms with E-state index in [1.165, 1.54) is 11.6 Å². The lowest BCUT2D eigenvalue weighted by molar-refractivity contribution is 0.254. The quantitative estimate of drug-likeness (QED) is 0.665. The lowest BCUT2D eigenvalue weighted by atomic mass is 10.0. The summed E-state index contributed by atoms with van der Waals surface area (Å²) in [5.74, 6) is 0.551. The minimum Gasteiger partial charge on any atom is -0.490 e. The van der Waals surface area contributed by atoms with Crippen molar-refractivity contribution in [1.82, 2.24) is 0 Å². The Balaban J connectivity index is 1.93. The number of rotatable bonds is 2. The molecular formula is C16H13BrClFO. The van der Waals surface area contributed by atoms with Crippen LogP contribution >= 0.6 is 27.5 Å². The SMILES string of the molecule is CC1Cc2cc(C(Br)c3ccc(Cl)c(F)c3)ccc2O1. The van der Waals surface area contributed by atoms with E-state index in [2.05, 4.69) is 28.9 Å². The molecule has 104 valence electrons. The lowest BCUT2D eigenvalue weighted by Gasteiger charge is -2.12. The van der Waals surface area contributed by atoms with Crippen molar-refractivity contribution in [2.45, 2.75) is 24.3 Å². The van der Waals surface area contributed by atoms with Gasteiger partial charge < -0.3 is 4.74 Å². The Hall–Kier alpha value is -1.06. The van der Waals surface area contributed by atoms with E-state index in [9.17, 15) is 4.39 Å². The Morgan fingerprint density at radius 1 is 1.25 bits per heavy atom. The predicted molar refractivity (Wildman–Crippen MR) is 82.4 cm³/mol. The molecule has 1 aliphatic heterocycles. The summed E-state index contributed by atoms with van der Waals surface area (Å²) in [5, 5.41) is 0.143. The summed E-state index contributed by atoms with van der Waals surface area (Å²) in [6, 6.07) is 11.0. The molecule has 2 aromatic rings. The summed E-state index contributed by atoms with van der Waals surface area (Å²) < 4.78 is 19.2. The molecule has 4 heteroatoms. The molecule has 3 rings (SSSR count). The zero-order valence-electron chi connectivity index (χ0n) is 10.9. The van der Waals surface area contributed by atoms with E-state index >= 15 is 0 Å². The Morgan fingerprint density at radius 2 is 1.95 bits per heavy atom. The third kappa shape index (κ3) is 2.57. The third-order valence-electron chi connectivity index (χ3n) is 3.45. The maximum Gasteiger partial charge on any atom is 0.142 e. The van der Waals surface area contributed by atoms with Crippen LogP contribution in [0.2, 0.25) is 5.02 Å². The van der Waals surface area contributed by atoms with Crippen LogP contribution in [0.5, 0.6) is 5.75 Å². The van der Waals surface area contributed by atoms with Crippen LogP contribution in [-0.4, -0.2) is 6.10 Å². The molecular weight excluding hydrogens is 343 g/mol. The number of ether oxygens (including phenoxy) is 1. The van der Waals surface area contributed by atoms with Gasteiger partial charge in [-0.25, -0.2) is 4.39 Å². The molecule has 0 fully saturated rings. The summed E-state index contributed by atoms with van der Waals surface area (Å²) in [4.78, 5) is -0.0597. The fourth-order valence-electron chi connectivity index (χ4n) is 2.46. The molecule has 0 aromatic heterocycles. The van der Waals surface area contributed by atoms with Crippen molar-refractivity contribution in [1.29, 1.82) is 0 Å². The molecule has 2 unspecified atom stereocenters. The van der Waals surface area contributed by atoms with E-state index < -0.39 is 5.82 Å². The molecule has 20 heavy (non-hydrogen) atoms. The van der Waals surface area contributed by atoms with E-state index in [4.69, 9.17) is 16.3 Å². The maximum absolute atomic E-state index is 13.6. The topological polar surface area (TPSA) is 9.23 Å². The van der Waals surface area contributed by atoms with Crippen molar-refractivity contribution in [2.75, 3.05) is 0 Å². The average molecular weight is 356 g/mol. The predicted octanol–water partition coefficient (Wildman–Crippen LogP) is 5.29. The van der Waals surface area contributed by atoms with Gasteiger partial charge >= 0.3 is 0 Å².